The van der Waals surface area contributed by atoms with Crippen LogP contribution in [0.25, 0.3) is 10.9 Å². The first-order valence-corrected chi connectivity index (χ1v) is 11.7. The van der Waals surface area contributed by atoms with Gasteiger partial charge in [-0.1, -0.05) is 66.7 Å². The van der Waals surface area contributed by atoms with Gasteiger partial charge in [-0.25, -0.2) is 0 Å². The second-order valence-electron chi connectivity index (χ2n) is 8.53. The Morgan fingerprint density at radius 2 is 1.74 bits per heavy atom. The maximum atomic E-state index is 13.1. The number of nitrogens with zero attached hydrogens (tertiary/aromatic N) is 1. The van der Waals surface area contributed by atoms with Gasteiger partial charge in [0.2, 0.25) is 5.91 Å². The second-order valence-corrected chi connectivity index (χ2v) is 8.53. The van der Waals surface area contributed by atoms with Crippen LogP contribution >= 0.6 is 0 Å². The molecule has 0 saturated carbocycles. The lowest BCUT2D eigenvalue weighted by atomic mass is 9.88. The first-order valence-electron chi connectivity index (χ1n) is 11.7. The van der Waals surface area contributed by atoms with E-state index in [0.717, 1.165) is 38.9 Å². The van der Waals surface area contributed by atoms with Crippen molar-refractivity contribution in [2.75, 3.05) is 0 Å². The van der Waals surface area contributed by atoms with Gasteiger partial charge in [0, 0.05) is 48.4 Å². The van der Waals surface area contributed by atoms with Gasteiger partial charge in [0.05, 0.1) is 0 Å². The van der Waals surface area contributed by atoms with E-state index in [2.05, 4.69) is 33.5 Å². The number of fused-ring (bicyclic) bond motifs is 1. The third-order valence-corrected chi connectivity index (χ3v) is 6.11. The van der Waals surface area contributed by atoms with Gasteiger partial charge in [-0.2, -0.15) is 0 Å². The van der Waals surface area contributed by atoms with Crippen molar-refractivity contribution in [2.45, 2.75) is 25.5 Å². The number of pyridine rings is 1. The third kappa shape index (κ3) is 5.58. The predicted molar refractivity (Wildman–Crippen MR) is 138 cm³/mol. The molecule has 1 atom stereocenters. The summed E-state index contributed by atoms with van der Waals surface area (Å²) < 4.78 is 6.08. The SMILES string of the molecule is O=C(CC(c1cccc(OCc2ccccc2)c1)c1c[nH]c2ccccc12)NCc1cccnc1. The Hall–Kier alpha value is -4.38. The number of hydrogen-bond donors (Lipinski definition) is 2. The molecule has 0 radical (unpaired) electrons. The van der Waals surface area contributed by atoms with E-state index in [-0.39, 0.29) is 11.8 Å². The van der Waals surface area contributed by atoms with Crippen LogP contribution in [-0.4, -0.2) is 15.9 Å². The first kappa shape index (κ1) is 22.4. The van der Waals surface area contributed by atoms with Crippen molar-refractivity contribution in [1.29, 1.82) is 0 Å². The summed E-state index contributed by atoms with van der Waals surface area (Å²) in [6, 6.07) is 30.2. The normalized spacial score (nSPS) is 11.8. The zero-order valence-corrected chi connectivity index (χ0v) is 19.4. The molecule has 1 amide bonds. The average Bonchev–Trinajstić information content (AvgIpc) is 3.35. The summed E-state index contributed by atoms with van der Waals surface area (Å²) in [6.07, 6.45) is 5.83. The maximum absolute atomic E-state index is 13.1. The van der Waals surface area contributed by atoms with Crippen molar-refractivity contribution in [3.8, 4) is 5.75 Å². The number of rotatable bonds is 9. The monoisotopic (exact) mass is 461 g/mol. The molecule has 2 N–H and O–H groups in total. The van der Waals surface area contributed by atoms with E-state index in [4.69, 9.17) is 4.74 Å². The van der Waals surface area contributed by atoms with Crippen molar-refractivity contribution in [3.05, 3.63) is 132 Å². The lowest BCUT2D eigenvalue weighted by Crippen LogP contribution is -2.25. The average molecular weight is 462 g/mol. The molecule has 35 heavy (non-hydrogen) atoms. The zero-order valence-electron chi connectivity index (χ0n) is 19.4. The summed E-state index contributed by atoms with van der Waals surface area (Å²) in [4.78, 5) is 20.5. The highest BCUT2D eigenvalue weighted by Gasteiger charge is 2.22. The molecule has 0 fully saturated rings. The number of ether oxygens (including phenoxy) is 1. The minimum atomic E-state index is -0.125. The van der Waals surface area contributed by atoms with Crippen LogP contribution in [0.2, 0.25) is 0 Å². The van der Waals surface area contributed by atoms with Crippen LogP contribution in [0, 0.1) is 0 Å². The molecule has 0 spiro atoms. The van der Waals surface area contributed by atoms with Gasteiger partial charge < -0.3 is 15.0 Å². The van der Waals surface area contributed by atoms with Crippen molar-refractivity contribution >= 4 is 16.8 Å². The molecule has 2 heterocycles. The van der Waals surface area contributed by atoms with Gasteiger partial charge in [0.15, 0.2) is 0 Å². The Labute approximate surface area is 204 Å². The van der Waals surface area contributed by atoms with E-state index in [1.54, 1.807) is 12.4 Å². The largest absolute Gasteiger partial charge is 0.489 e. The molecule has 0 saturated heterocycles. The molecule has 0 aliphatic heterocycles. The first-order chi connectivity index (χ1) is 17.3. The molecule has 5 aromatic rings. The quantitative estimate of drug-likeness (QED) is 0.284. The molecule has 1 unspecified atom stereocenters. The predicted octanol–water partition coefficient (Wildman–Crippen LogP) is 5.98. The Morgan fingerprint density at radius 3 is 2.60 bits per heavy atom. The Balaban J connectivity index is 1.39. The van der Waals surface area contributed by atoms with E-state index >= 15 is 0 Å². The summed E-state index contributed by atoms with van der Waals surface area (Å²) in [5, 5.41) is 4.17. The van der Waals surface area contributed by atoms with Crippen molar-refractivity contribution in [1.82, 2.24) is 15.3 Å². The Bertz CT molecular complexity index is 1400. The van der Waals surface area contributed by atoms with Crippen molar-refractivity contribution in [3.63, 3.8) is 0 Å². The number of amides is 1. The minimum Gasteiger partial charge on any atom is -0.489 e. The van der Waals surface area contributed by atoms with E-state index < -0.39 is 0 Å². The molecular formula is C30H27N3O2. The summed E-state index contributed by atoms with van der Waals surface area (Å²) in [7, 11) is 0. The van der Waals surface area contributed by atoms with Crippen LogP contribution in [-0.2, 0) is 17.9 Å². The molecule has 2 aromatic heterocycles. The molecule has 174 valence electrons. The third-order valence-electron chi connectivity index (χ3n) is 6.11. The van der Waals surface area contributed by atoms with Crippen LogP contribution < -0.4 is 10.1 Å². The van der Waals surface area contributed by atoms with Gasteiger partial charge in [0.1, 0.15) is 12.4 Å². The highest BCUT2D eigenvalue weighted by molar-refractivity contribution is 5.86. The van der Waals surface area contributed by atoms with E-state index in [1.165, 1.54) is 0 Å². The molecule has 5 nitrogen and oxygen atoms in total. The fraction of sp³-hybridized carbons (Fsp3) is 0.133. The van der Waals surface area contributed by atoms with Crippen LogP contribution in [0.3, 0.4) is 0 Å². The number of benzene rings is 3. The number of para-hydroxylation sites is 1. The van der Waals surface area contributed by atoms with Gasteiger partial charge in [-0.3, -0.25) is 9.78 Å². The molecule has 0 aliphatic rings. The number of carbonyl (C=O) groups excluding carboxylic acids is 1. The molecule has 0 aliphatic carbocycles. The Kier molecular flexibility index (Phi) is 6.85. The number of aromatic nitrogens is 2. The van der Waals surface area contributed by atoms with Gasteiger partial charge in [-0.05, 0) is 46.5 Å². The van der Waals surface area contributed by atoms with Crippen LogP contribution in [0.5, 0.6) is 5.75 Å². The molecule has 5 heteroatoms. The standard InChI is InChI=1S/C30H27N3O2/c34-30(33-19-23-10-7-15-31-18-23)17-27(28-20-32-29-14-5-4-13-26(28)29)24-11-6-12-25(16-24)35-21-22-8-2-1-3-9-22/h1-16,18,20,27,32H,17,19,21H2,(H,33,34). The van der Waals surface area contributed by atoms with Crippen LogP contribution in [0.1, 0.15) is 34.6 Å². The summed E-state index contributed by atoms with van der Waals surface area (Å²) in [5.74, 6) is 0.645. The number of H-pyrrole nitrogens is 1. The topological polar surface area (TPSA) is 67.0 Å². The fourth-order valence-electron chi connectivity index (χ4n) is 4.31. The summed E-state index contributed by atoms with van der Waals surface area (Å²) in [5.41, 5.74) is 5.27. The van der Waals surface area contributed by atoms with Crippen molar-refractivity contribution in [2.24, 2.45) is 0 Å². The highest BCUT2D eigenvalue weighted by Crippen LogP contribution is 2.35. The van der Waals surface area contributed by atoms with E-state index in [0.29, 0.717) is 19.6 Å². The van der Waals surface area contributed by atoms with E-state index in [9.17, 15) is 4.79 Å². The smallest absolute Gasteiger partial charge is 0.221 e. The van der Waals surface area contributed by atoms with Gasteiger partial charge >= 0.3 is 0 Å². The molecule has 5 rings (SSSR count). The number of aromatic amines is 1. The maximum Gasteiger partial charge on any atom is 0.221 e. The molecule has 3 aromatic carbocycles. The highest BCUT2D eigenvalue weighted by atomic mass is 16.5. The van der Waals surface area contributed by atoms with Gasteiger partial charge in [0.25, 0.3) is 0 Å². The zero-order chi connectivity index (χ0) is 23.9. The Morgan fingerprint density at radius 1 is 0.914 bits per heavy atom. The van der Waals surface area contributed by atoms with Gasteiger partial charge in [-0.15, -0.1) is 0 Å². The summed E-state index contributed by atoms with van der Waals surface area (Å²) in [6.45, 7) is 0.946. The molecule has 0 bridgehead atoms. The lowest BCUT2D eigenvalue weighted by Gasteiger charge is -2.18. The summed E-state index contributed by atoms with van der Waals surface area (Å²) >= 11 is 0. The van der Waals surface area contributed by atoms with Crippen LogP contribution in [0.15, 0.2) is 110 Å². The number of carbonyl (C=O) groups is 1. The van der Waals surface area contributed by atoms with Crippen LogP contribution in [0.4, 0.5) is 0 Å². The lowest BCUT2D eigenvalue weighted by molar-refractivity contribution is -0.121. The number of hydrogen-bond acceptors (Lipinski definition) is 3. The second kappa shape index (κ2) is 10.7. The van der Waals surface area contributed by atoms with Crippen molar-refractivity contribution < 1.29 is 9.53 Å². The molecular weight excluding hydrogens is 434 g/mol. The van der Waals surface area contributed by atoms with E-state index in [1.807, 2.05) is 79.0 Å². The fourth-order valence-corrected chi connectivity index (χ4v) is 4.31. The minimum absolute atomic E-state index is 0.0141. The number of nitrogens with one attached hydrogen (secondary N) is 2.